The molecule has 0 saturated carbocycles. The topological polar surface area (TPSA) is 63.8 Å². The summed E-state index contributed by atoms with van der Waals surface area (Å²) < 4.78 is 0. The summed E-state index contributed by atoms with van der Waals surface area (Å²) in [6, 6.07) is 0.344. The van der Waals surface area contributed by atoms with Crippen molar-refractivity contribution in [2.75, 3.05) is 11.1 Å². The van der Waals surface area contributed by atoms with Gasteiger partial charge >= 0.3 is 0 Å². The van der Waals surface area contributed by atoms with Crippen LogP contribution in [0, 0.1) is 5.92 Å². The minimum absolute atomic E-state index is 0.237. The fourth-order valence-corrected chi connectivity index (χ4v) is 1.54. The first-order valence-corrected chi connectivity index (χ1v) is 5.47. The second kappa shape index (κ2) is 5.16. The smallest absolute Gasteiger partial charge is 0.222 e. The number of nitrogens with one attached hydrogen (secondary N) is 1. The van der Waals surface area contributed by atoms with Crippen molar-refractivity contribution in [2.45, 2.75) is 33.2 Å². The second-order valence-electron chi connectivity index (χ2n) is 3.83. The first-order chi connectivity index (χ1) is 7.04. The van der Waals surface area contributed by atoms with Gasteiger partial charge in [0.2, 0.25) is 5.95 Å². The van der Waals surface area contributed by atoms with E-state index in [9.17, 15) is 0 Å². The van der Waals surface area contributed by atoms with Crippen LogP contribution in [0.4, 0.5) is 11.8 Å². The zero-order valence-corrected chi connectivity index (χ0v) is 10.0. The number of nitrogen functional groups attached to an aromatic ring is 1. The highest BCUT2D eigenvalue weighted by molar-refractivity contribution is 6.32. The number of rotatable bonds is 4. The molecule has 84 valence electrons. The van der Waals surface area contributed by atoms with Crippen molar-refractivity contribution in [1.29, 1.82) is 0 Å². The molecule has 15 heavy (non-hydrogen) atoms. The highest BCUT2D eigenvalue weighted by Gasteiger charge is 2.13. The number of aromatic nitrogens is 2. The fourth-order valence-electron chi connectivity index (χ4n) is 1.40. The van der Waals surface area contributed by atoms with E-state index in [1.54, 1.807) is 0 Å². The van der Waals surface area contributed by atoms with Crippen molar-refractivity contribution in [3.63, 3.8) is 0 Å². The van der Waals surface area contributed by atoms with Gasteiger partial charge < -0.3 is 11.1 Å². The van der Waals surface area contributed by atoms with Gasteiger partial charge in [0.15, 0.2) is 5.82 Å². The van der Waals surface area contributed by atoms with E-state index in [2.05, 4.69) is 36.1 Å². The van der Waals surface area contributed by atoms with Gasteiger partial charge in [0.25, 0.3) is 0 Å². The molecule has 0 amide bonds. The van der Waals surface area contributed by atoms with Crippen LogP contribution in [0.5, 0.6) is 0 Å². The lowest BCUT2D eigenvalue weighted by atomic mass is 10.0. The molecule has 0 radical (unpaired) electrons. The van der Waals surface area contributed by atoms with E-state index in [4.69, 9.17) is 17.3 Å². The van der Waals surface area contributed by atoms with Crippen molar-refractivity contribution in [3.8, 4) is 0 Å². The average Bonchev–Trinajstić information content (AvgIpc) is 2.18. The Hall–Kier alpha value is -1.03. The third-order valence-corrected chi connectivity index (χ3v) is 2.61. The van der Waals surface area contributed by atoms with Gasteiger partial charge in [0, 0.05) is 6.04 Å². The molecule has 0 aromatic carbocycles. The average molecular weight is 229 g/mol. The predicted octanol–water partition coefficient (Wildman–Crippen LogP) is 2.56. The van der Waals surface area contributed by atoms with Crippen LogP contribution in [0.2, 0.25) is 5.02 Å². The van der Waals surface area contributed by atoms with Crippen molar-refractivity contribution in [1.82, 2.24) is 9.97 Å². The lowest BCUT2D eigenvalue weighted by molar-refractivity contribution is 0.510. The maximum Gasteiger partial charge on any atom is 0.222 e. The zero-order valence-electron chi connectivity index (χ0n) is 9.29. The lowest BCUT2D eigenvalue weighted by Gasteiger charge is -2.21. The Morgan fingerprint density at radius 1 is 1.53 bits per heavy atom. The molecule has 1 atom stereocenters. The summed E-state index contributed by atoms with van der Waals surface area (Å²) in [5.41, 5.74) is 5.50. The van der Waals surface area contributed by atoms with E-state index < -0.39 is 0 Å². The molecule has 1 heterocycles. The molecule has 3 N–H and O–H groups in total. The number of anilines is 2. The third-order valence-electron chi connectivity index (χ3n) is 2.33. The summed E-state index contributed by atoms with van der Waals surface area (Å²) in [5.74, 6) is 1.37. The minimum Gasteiger partial charge on any atom is -0.368 e. The zero-order chi connectivity index (χ0) is 11.4. The van der Waals surface area contributed by atoms with Crippen molar-refractivity contribution in [3.05, 3.63) is 11.2 Å². The number of nitrogens with two attached hydrogens (primary N) is 1. The van der Waals surface area contributed by atoms with E-state index >= 15 is 0 Å². The van der Waals surface area contributed by atoms with E-state index in [-0.39, 0.29) is 5.95 Å². The van der Waals surface area contributed by atoms with Gasteiger partial charge in [-0.25, -0.2) is 4.98 Å². The largest absolute Gasteiger partial charge is 0.368 e. The predicted molar refractivity (Wildman–Crippen MR) is 64.0 cm³/mol. The number of hydrogen-bond acceptors (Lipinski definition) is 4. The maximum absolute atomic E-state index is 5.96. The van der Waals surface area contributed by atoms with Crippen LogP contribution in [-0.2, 0) is 0 Å². The molecule has 0 aliphatic heterocycles. The Bertz CT molecular complexity index is 327. The lowest BCUT2D eigenvalue weighted by Crippen LogP contribution is -2.25. The van der Waals surface area contributed by atoms with Crippen molar-refractivity contribution in [2.24, 2.45) is 5.92 Å². The SMILES string of the molecule is CCC(Nc1nc(N)ncc1Cl)C(C)C. The quantitative estimate of drug-likeness (QED) is 0.832. The van der Waals surface area contributed by atoms with E-state index in [1.807, 2.05) is 0 Å². The van der Waals surface area contributed by atoms with Crippen LogP contribution < -0.4 is 11.1 Å². The summed E-state index contributed by atoms with van der Waals surface area (Å²) in [7, 11) is 0. The summed E-state index contributed by atoms with van der Waals surface area (Å²) >= 11 is 5.96. The Balaban J connectivity index is 2.82. The molecule has 1 unspecified atom stereocenters. The minimum atomic E-state index is 0.237. The molecule has 1 rings (SSSR count). The normalized spacial score (nSPS) is 12.9. The first-order valence-electron chi connectivity index (χ1n) is 5.09. The Morgan fingerprint density at radius 3 is 2.73 bits per heavy atom. The van der Waals surface area contributed by atoms with Gasteiger partial charge in [-0.1, -0.05) is 32.4 Å². The molecular weight excluding hydrogens is 212 g/mol. The standard InChI is InChI=1S/C10H17ClN4/c1-4-8(6(2)3)14-9-7(11)5-13-10(12)15-9/h5-6,8H,4H2,1-3H3,(H3,12,13,14,15). The summed E-state index contributed by atoms with van der Waals surface area (Å²) in [4.78, 5) is 7.88. The Morgan fingerprint density at radius 2 is 2.20 bits per heavy atom. The molecule has 1 aromatic rings. The van der Waals surface area contributed by atoms with Gasteiger partial charge in [-0.3, -0.25) is 0 Å². The molecule has 0 fully saturated rings. The van der Waals surface area contributed by atoms with Crippen LogP contribution in [0.1, 0.15) is 27.2 Å². The van der Waals surface area contributed by atoms with E-state index in [0.717, 1.165) is 6.42 Å². The summed E-state index contributed by atoms with van der Waals surface area (Å²) in [6.45, 7) is 6.43. The van der Waals surface area contributed by atoms with E-state index in [0.29, 0.717) is 22.8 Å². The summed E-state index contributed by atoms with van der Waals surface area (Å²) in [5, 5.41) is 3.78. The van der Waals surface area contributed by atoms with Gasteiger partial charge in [-0.15, -0.1) is 0 Å². The highest BCUT2D eigenvalue weighted by Crippen LogP contribution is 2.21. The van der Waals surface area contributed by atoms with Crippen molar-refractivity contribution >= 4 is 23.4 Å². The molecule has 0 aliphatic rings. The van der Waals surface area contributed by atoms with Crippen LogP contribution in [0.25, 0.3) is 0 Å². The monoisotopic (exact) mass is 228 g/mol. The maximum atomic E-state index is 5.96. The van der Waals surface area contributed by atoms with Crippen LogP contribution >= 0.6 is 11.6 Å². The van der Waals surface area contributed by atoms with E-state index in [1.165, 1.54) is 6.20 Å². The Labute approximate surface area is 95.3 Å². The van der Waals surface area contributed by atoms with Gasteiger partial charge in [-0.2, -0.15) is 4.98 Å². The van der Waals surface area contributed by atoms with Gasteiger partial charge in [0.1, 0.15) is 5.02 Å². The first kappa shape index (κ1) is 12.0. The molecule has 0 bridgehead atoms. The number of nitrogens with zero attached hydrogens (tertiary/aromatic N) is 2. The van der Waals surface area contributed by atoms with Crippen molar-refractivity contribution < 1.29 is 0 Å². The molecule has 0 spiro atoms. The molecule has 0 saturated heterocycles. The van der Waals surface area contributed by atoms with Crippen LogP contribution in [0.15, 0.2) is 6.20 Å². The van der Waals surface area contributed by atoms with Crippen LogP contribution in [-0.4, -0.2) is 16.0 Å². The Kier molecular flexibility index (Phi) is 4.15. The molecule has 1 aromatic heterocycles. The molecular formula is C10H17ClN4. The number of hydrogen-bond donors (Lipinski definition) is 2. The third kappa shape index (κ3) is 3.23. The number of halogens is 1. The molecule has 5 heteroatoms. The van der Waals surface area contributed by atoms with Crippen LogP contribution in [0.3, 0.4) is 0 Å². The fraction of sp³-hybridized carbons (Fsp3) is 0.600. The second-order valence-corrected chi connectivity index (χ2v) is 4.24. The molecule has 0 aliphatic carbocycles. The summed E-state index contributed by atoms with van der Waals surface area (Å²) in [6.07, 6.45) is 2.52. The van der Waals surface area contributed by atoms with Gasteiger partial charge in [0.05, 0.1) is 6.20 Å². The highest BCUT2D eigenvalue weighted by atomic mass is 35.5. The molecule has 4 nitrogen and oxygen atoms in total. The van der Waals surface area contributed by atoms with Gasteiger partial charge in [-0.05, 0) is 12.3 Å².